The molecule has 0 aromatic rings. The van der Waals surface area contributed by atoms with E-state index in [4.69, 9.17) is 27.4 Å². The Hall–Kier alpha value is -0.530. The lowest BCUT2D eigenvalue weighted by Crippen LogP contribution is -2.67. The summed E-state index contributed by atoms with van der Waals surface area (Å²) in [6.07, 6.45) is 4.20. The van der Waals surface area contributed by atoms with Crippen molar-refractivity contribution in [3.63, 3.8) is 0 Å². The van der Waals surface area contributed by atoms with Gasteiger partial charge >= 0.3 is 0 Å². The van der Waals surface area contributed by atoms with Crippen LogP contribution in [0.1, 0.15) is 26.2 Å². The van der Waals surface area contributed by atoms with Crippen LogP contribution in [0.15, 0.2) is 23.3 Å². The molecular formula is C19H20Cl2O5S. The van der Waals surface area contributed by atoms with Crippen LogP contribution in [0.3, 0.4) is 0 Å². The molecule has 0 amide bonds. The molecule has 5 rings (SSSR count). The number of hydrogen-bond acceptors (Lipinski definition) is 5. The second-order valence-corrected chi connectivity index (χ2v) is 10.9. The normalized spacial score (nSPS) is 53.9. The van der Waals surface area contributed by atoms with Crippen molar-refractivity contribution < 1.29 is 23.1 Å². The van der Waals surface area contributed by atoms with Crippen LogP contribution >= 0.6 is 23.2 Å². The van der Waals surface area contributed by atoms with E-state index in [1.807, 2.05) is 13.0 Å². The van der Waals surface area contributed by atoms with E-state index in [9.17, 15) is 18.9 Å². The van der Waals surface area contributed by atoms with E-state index in [1.165, 1.54) is 0 Å². The van der Waals surface area contributed by atoms with Crippen molar-refractivity contribution >= 4 is 45.8 Å². The zero-order valence-corrected chi connectivity index (χ0v) is 17.0. The van der Waals surface area contributed by atoms with Gasteiger partial charge in [-0.2, -0.15) is 0 Å². The Bertz CT molecular complexity index is 853. The Morgan fingerprint density at radius 3 is 2.81 bits per heavy atom. The summed E-state index contributed by atoms with van der Waals surface area (Å²) in [4.78, 5) is 26.2. The zero-order chi connectivity index (χ0) is 19.3. The molecule has 4 aliphatic carbocycles. The van der Waals surface area contributed by atoms with Gasteiger partial charge in [0.2, 0.25) is 0 Å². The van der Waals surface area contributed by atoms with Crippen molar-refractivity contribution in [2.24, 2.45) is 22.7 Å². The number of Topliss-reactive ketones (excluding diaryl/α,β-unsaturated/α-hetero) is 1. The summed E-state index contributed by atoms with van der Waals surface area (Å²) in [5.41, 5.74) is 0.173. The highest BCUT2D eigenvalue weighted by atomic mass is 35.5. The van der Waals surface area contributed by atoms with Crippen molar-refractivity contribution in [3.05, 3.63) is 23.3 Å². The highest BCUT2D eigenvalue weighted by Gasteiger charge is 2.68. The lowest BCUT2D eigenvalue weighted by Gasteiger charge is -2.60. The number of fused-ring (bicyclic) bond motifs is 2. The third-order valence-electron chi connectivity index (χ3n) is 7.47. The quantitative estimate of drug-likeness (QED) is 0.594. The molecule has 2 bridgehead atoms. The molecule has 2 fully saturated rings. The number of carbonyl (C=O) groups is 2. The topological polar surface area (TPSA) is 80.7 Å². The predicted octanol–water partition coefficient (Wildman–Crippen LogP) is 2.07. The van der Waals surface area contributed by atoms with E-state index in [1.54, 1.807) is 6.08 Å². The van der Waals surface area contributed by atoms with Crippen LogP contribution < -0.4 is 0 Å². The first kappa shape index (κ1) is 18.5. The maximum absolute atomic E-state index is 13.5. The van der Waals surface area contributed by atoms with Crippen LogP contribution in [0.2, 0.25) is 0 Å². The molecular weight excluding hydrogens is 411 g/mol. The van der Waals surface area contributed by atoms with Crippen LogP contribution in [-0.2, 0) is 24.9 Å². The molecule has 0 aromatic heterocycles. The number of ketones is 2. The molecule has 0 aromatic carbocycles. The number of halogens is 2. The Labute approximate surface area is 169 Å². The Morgan fingerprint density at radius 2 is 2.07 bits per heavy atom. The zero-order valence-electron chi connectivity index (χ0n) is 14.7. The van der Waals surface area contributed by atoms with Gasteiger partial charge in [0.1, 0.15) is 5.25 Å². The first-order chi connectivity index (χ1) is 12.7. The molecule has 1 aliphatic heterocycles. The Kier molecular flexibility index (Phi) is 3.94. The van der Waals surface area contributed by atoms with E-state index >= 15 is 0 Å². The summed E-state index contributed by atoms with van der Waals surface area (Å²) in [5.74, 6) is -1.30. The first-order valence-electron chi connectivity index (χ1n) is 9.23. The van der Waals surface area contributed by atoms with E-state index in [2.05, 4.69) is 0 Å². The van der Waals surface area contributed by atoms with Crippen LogP contribution in [0, 0.1) is 22.7 Å². The van der Waals surface area contributed by atoms with Gasteiger partial charge in [0.05, 0.1) is 29.4 Å². The number of allylic oxidation sites excluding steroid dienone is 3. The van der Waals surface area contributed by atoms with Crippen LogP contribution in [-0.4, -0.2) is 49.6 Å². The van der Waals surface area contributed by atoms with E-state index < -0.39 is 49.9 Å². The van der Waals surface area contributed by atoms with Gasteiger partial charge in [0, 0.05) is 16.4 Å². The summed E-state index contributed by atoms with van der Waals surface area (Å²) >= 11 is 11.4. The Balaban J connectivity index is 1.77. The molecule has 8 heteroatoms. The average molecular weight is 431 g/mol. The van der Waals surface area contributed by atoms with Gasteiger partial charge < -0.3 is 5.11 Å². The minimum absolute atomic E-state index is 0.0814. The smallest absolute Gasteiger partial charge is 0.177 e. The molecule has 1 heterocycles. The SMILES string of the molecule is C[C@@]12C=CC(=O)[C@@H]1C1=C(CC2)[C@]23COS(=O)[C@H](C1=O)[C@@H]2C[C@@H](O)[C@H](Cl)[C@H]3Cl. The fraction of sp³-hybridized carbons (Fsp3) is 0.684. The molecule has 1 saturated heterocycles. The number of aliphatic hydroxyl groups is 1. The second-order valence-electron chi connectivity index (χ2n) is 8.67. The van der Waals surface area contributed by atoms with Gasteiger partial charge in [0.15, 0.2) is 22.6 Å². The second kappa shape index (κ2) is 5.76. The van der Waals surface area contributed by atoms with Gasteiger partial charge in [-0.05, 0) is 31.3 Å². The maximum Gasteiger partial charge on any atom is 0.177 e. The van der Waals surface area contributed by atoms with Crippen molar-refractivity contribution in [2.75, 3.05) is 6.61 Å². The fourth-order valence-electron chi connectivity index (χ4n) is 6.10. The number of hydrogen-bond donors (Lipinski definition) is 1. The van der Waals surface area contributed by atoms with Crippen molar-refractivity contribution in [2.45, 2.75) is 48.3 Å². The van der Waals surface area contributed by atoms with E-state index in [-0.39, 0.29) is 30.5 Å². The molecule has 146 valence electrons. The average Bonchev–Trinajstić information content (AvgIpc) is 2.94. The van der Waals surface area contributed by atoms with Gasteiger partial charge in [0.25, 0.3) is 0 Å². The molecule has 5 aliphatic rings. The largest absolute Gasteiger partial charge is 0.392 e. The number of carbonyl (C=O) groups excluding carboxylic acids is 2. The summed E-state index contributed by atoms with van der Waals surface area (Å²) in [5, 5.41) is 8.11. The molecule has 1 N–H and O–H groups in total. The van der Waals surface area contributed by atoms with Gasteiger partial charge in [-0.3, -0.25) is 13.8 Å². The van der Waals surface area contributed by atoms with Gasteiger partial charge in [-0.15, -0.1) is 23.2 Å². The lowest BCUT2D eigenvalue weighted by molar-refractivity contribution is -0.127. The molecule has 0 radical (unpaired) electrons. The summed E-state index contributed by atoms with van der Waals surface area (Å²) in [6, 6.07) is 0. The minimum Gasteiger partial charge on any atom is -0.392 e. The Morgan fingerprint density at radius 1 is 1.33 bits per heavy atom. The van der Waals surface area contributed by atoms with E-state index in [0.29, 0.717) is 12.0 Å². The third-order valence-corrected chi connectivity index (χ3v) is 10.1. The first-order valence-corrected chi connectivity index (χ1v) is 11.2. The third kappa shape index (κ3) is 2.11. The number of alkyl halides is 2. The van der Waals surface area contributed by atoms with Crippen LogP contribution in [0.4, 0.5) is 0 Å². The number of rotatable bonds is 0. The lowest BCUT2D eigenvalue weighted by atomic mass is 9.50. The van der Waals surface area contributed by atoms with Crippen molar-refractivity contribution in [1.82, 2.24) is 0 Å². The monoisotopic (exact) mass is 430 g/mol. The summed E-state index contributed by atoms with van der Waals surface area (Å²) in [6.45, 7) is 2.10. The predicted molar refractivity (Wildman–Crippen MR) is 101 cm³/mol. The van der Waals surface area contributed by atoms with Crippen LogP contribution in [0.25, 0.3) is 0 Å². The summed E-state index contributed by atoms with van der Waals surface area (Å²) < 4.78 is 18.2. The fourth-order valence-corrected chi connectivity index (χ4v) is 8.33. The maximum atomic E-state index is 13.5. The molecule has 1 unspecified atom stereocenters. The van der Waals surface area contributed by atoms with E-state index in [0.717, 1.165) is 12.0 Å². The molecule has 1 saturated carbocycles. The standard InChI is InChI=1S/C19H20Cl2O5S/c1-18-4-2-8-12(13(18)10(22)3-5-18)15(24)16-9-6-11(23)14(20)17(21)19(8,9)7-26-27(16)25/h3,5,9,11,13-14,16-17,23H,2,4,6-7H2,1H3/t9-,11+,13+,14-,16-,17+,18+,19+,27?/m0/s1. The highest BCUT2D eigenvalue weighted by Crippen LogP contribution is 2.64. The van der Waals surface area contributed by atoms with Gasteiger partial charge in [-0.1, -0.05) is 18.6 Å². The molecule has 5 nitrogen and oxygen atoms in total. The van der Waals surface area contributed by atoms with Gasteiger partial charge in [-0.25, -0.2) is 4.21 Å². The summed E-state index contributed by atoms with van der Waals surface area (Å²) in [7, 11) is 0. The van der Waals surface area contributed by atoms with Crippen molar-refractivity contribution in [1.29, 1.82) is 0 Å². The minimum atomic E-state index is -1.82. The highest BCUT2D eigenvalue weighted by molar-refractivity contribution is 7.81. The molecule has 0 spiro atoms. The van der Waals surface area contributed by atoms with Crippen molar-refractivity contribution in [3.8, 4) is 0 Å². The van der Waals surface area contributed by atoms with Crippen LogP contribution in [0.5, 0.6) is 0 Å². The number of aliphatic hydroxyl groups excluding tert-OH is 1. The molecule has 27 heavy (non-hydrogen) atoms. The molecule has 9 atom stereocenters.